The molecule has 0 spiro atoms. The summed E-state index contributed by atoms with van der Waals surface area (Å²) in [6.07, 6.45) is 2.79. The average Bonchev–Trinajstić information content (AvgIpc) is 2.80. The van der Waals surface area contributed by atoms with Crippen LogP contribution in [-0.2, 0) is 7.05 Å². The fraction of sp³-hybridized carbons (Fsp3) is 0.267. The van der Waals surface area contributed by atoms with E-state index in [1.807, 2.05) is 31.2 Å². The number of urea groups is 1. The normalized spacial score (nSPS) is 19.2. The van der Waals surface area contributed by atoms with E-state index in [0.717, 1.165) is 11.3 Å². The molecule has 114 valence electrons. The second-order valence-electron chi connectivity index (χ2n) is 5.13. The van der Waals surface area contributed by atoms with Crippen LogP contribution in [-0.4, -0.2) is 21.7 Å². The van der Waals surface area contributed by atoms with Gasteiger partial charge in [0.25, 0.3) is 5.56 Å². The zero-order chi connectivity index (χ0) is 15.7. The molecule has 1 aromatic carbocycles. The third kappa shape index (κ3) is 2.52. The molecular formula is C15H16N4O3. The number of hydrogen-bond acceptors (Lipinski definition) is 4. The Balaban J connectivity index is 1.75. The van der Waals surface area contributed by atoms with Crippen LogP contribution in [0.25, 0.3) is 0 Å². The number of amides is 2. The number of nitrogens with zero attached hydrogens (tertiary/aromatic N) is 2. The van der Waals surface area contributed by atoms with Gasteiger partial charge in [0, 0.05) is 25.0 Å². The Morgan fingerprint density at radius 2 is 2.14 bits per heavy atom. The molecule has 2 amide bonds. The summed E-state index contributed by atoms with van der Waals surface area (Å²) in [7, 11) is 1.59. The van der Waals surface area contributed by atoms with Gasteiger partial charge in [0.05, 0.1) is 6.04 Å². The molecule has 0 saturated carbocycles. The number of para-hydroxylation sites is 1. The maximum atomic E-state index is 12.1. The third-order valence-corrected chi connectivity index (χ3v) is 3.57. The van der Waals surface area contributed by atoms with Crippen LogP contribution in [0.2, 0.25) is 0 Å². The molecule has 1 aliphatic rings. The summed E-state index contributed by atoms with van der Waals surface area (Å²) in [5.74, 6) is 0.747. The SMILES string of the molecule is C[C@@H]1Oc2ccccc2[C@H]1NC(=O)Nc1nccn(C)c1=O. The summed E-state index contributed by atoms with van der Waals surface area (Å²) >= 11 is 0. The second-order valence-corrected chi connectivity index (χ2v) is 5.13. The molecule has 0 saturated heterocycles. The summed E-state index contributed by atoms with van der Waals surface area (Å²) in [4.78, 5) is 27.8. The number of nitrogens with one attached hydrogen (secondary N) is 2. The molecule has 2 N–H and O–H groups in total. The monoisotopic (exact) mass is 300 g/mol. The summed E-state index contributed by atoms with van der Waals surface area (Å²) in [5.41, 5.74) is 0.549. The van der Waals surface area contributed by atoms with Crippen molar-refractivity contribution < 1.29 is 9.53 Å². The van der Waals surface area contributed by atoms with Gasteiger partial charge in [0.2, 0.25) is 5.82 Å². The minimum Gasteiger partial charge on any atom is -0.488 e. The Hall–Kier alpha value is -2.83. The van der Waals surface area contributed by atoms with Crippen LogP contribution < -0.4 is 20.9 Å². The van der Waals surface area contributed by atoms with E-state index in [4.69, 9.17) is 4.74 Å². The van der Waals surface area contributed by atoms with Gasteiger partial charge in [-0.2, -0.15) is 0 Å². The van der Waals surface area contributed by atoms with Gasteiger partial charge in [-0.05, 0) is 13.0 Å². The first-order valence-electron chi connectivity index (χ1n) is 6.91. The largest absolute Gasteiger partial charge is 0.488 e. The molecule has 3 rings (SSSR count). The highest BCUT2D eigenvalue weighted by molar-refractivity contribution is 5.88. The first-order chi connectivity index (χ1) is 10.6. The molecule has 0 radical (unpaired) electrons. The molecule has 7 heteroatoms. The molecule has 0 fully saturated rings. The van der Waals surface area contributed by atoms with Crippen molar-refractivity contribution in [2.75, 3.05) is 5.32 Å². The number of carbonyl (C=O) groups excluding carboxylic acids is 1. The van der Waals surface area contributed by atoms with E-state index in [0.29, 0.717) is 0 Å². The Labute approximate surface area is 126 Å². The van der Waals surface area contributed by atoms with Gasteiger partial charge in [0.1, 0.15) is 11.9 Å². The molecule has 0 bridgehead atoms. The van der Waals surface area contributed by atoms with Crippen LogP contribution in [0.15, 0.2) is 41.5 Å². The van der Waals surface area contributed by atoms with Crippen molar-refractivity contribution in [1.29, 1.82) is 0 Å². The highest BCUT2D eigenvalue weighted by atomic mass is 16.5. The first-order valence-corrected chi connectivity index (χ1v) is 6.91. The van der Waals surface area contributed by atoms with E-state index in [2.05, 4.69) is 15.6 Å². The Bertz CT molecular complexity index is 771. The molecule has 2 heterocycles. The maximum Gasteiger partial charge on any atom is 0.321 e. The van der Waals surface area contributed by atoms with Crippen LogP contribution in [0.5, 0.6) is 5.75 Å². The molecule has 2 atom stereocenters. The molecule has 1 aliphatic heterocycles. The summed E-state index contributed by atoms with van der Waals surface area (Å²) < 4.78 is 7.04. The lowest BCUT2D eigenvalue weighted by atomic mass is 10.1. The number of aromatic nitrogens is 2. The van der Waals surface area contributed by atoms with E-state index in [9.17, 15) is 9.59 Å². The van der Waals surface area contributed by atoms with E-state index in [-0.39, 0.29) is 23.5 Å². The Morgan fingerprint density at radius 1 is 1.36 bits per heavy atom. The van der Waals surface area contributed by atoms with Crippen LogP contribution in [0.1, 0.15) is 18.5 Å². The second kappa shape index (κ2) is 5.51. The minimum absolute atomic E-state index is 0.0117. The number of carbonyl (C=O) groups is 1. The lowest BCUT2D eigenvalue weighted by molar-refractivity contribution is 0.204. The fourth-order valence-electron chi connectivity index (χ4n) is 2.43. The van der Waals surface area contributed by atoms with Crippen molar-refractivity contribution in [3.63, 3.8) is 0 Å². The van der Waals surface area contributed by atoms with E-state index in [1.54, 1.807) is 7.05 Å². The number of anilines is 1. The lowest BCUT2D eigenvalue weighted by Gasteiger charge is -2.17. The van der Waals surface area contributed by atoms with Crippen LogP contribution in [0, 0.1) is 0 Å². The zero-order valence-corrected chi connectivity index (χ0v) is 12.2. The predicted molar refractivity (Wildman–Crippen MR) is 80.9 cm³/mol. The van der Waals surface area contributed by atoms with Gasteiger partial charge in [-0.25, -0.2) is 9.78 Å². The highest BCUT2D eigenvalue weighted by Crippen LogP contribution is 2.35. The van der Waals surface area contributed by atoms with Gasteiger partial charge >= 0.3 is 6.03 Å². The molecular weight excluding hydrogens is 284 g/mol. The van der Waals surface area contributed by atoms with Crippen molar-refractivity contribution in [2.24, 2.45) is 7.05 Å². The highest BCUT2D eigenvalue weighted by Gasteiger charge is 2.32. The quantitative estimate of drug-likeness (QED) is 0.878. The van der Waals surface area contributed by atoms with Gasteiger partial charge in [-0.3, -0.25) is 10.1 Å². The number of hydrogen-bond donors (Lipinski definition) is 2. The third-order valence-electron chi connectivity index (χ3n) is 3.57. The zero-order valence-electron chi connectivity index (χ0n) is 12.2. The number of fused-ring (bicyclic) bond motifs is 1. The first kappa shape index (κ1) is 14.1. The van der Waals surface area contributed by atoms with E-state index >= 15 is 0 Å². The number of ether oxygens (including phenoxy) is 1. The topological polar surface area (TPSA) is 85.2 Å². The van der Waals surface area contributed by atoms with E-state index in [1.165, 1.54) is 17.0 Å². The summed E-state index contributed by atoms with van der Waals surface area (Å²) in [6, 6.07) is 6.77. The Morgan fingerprint density at radius 3 is 2.95 bits per heavy atom. The number of aryl methyl sites for hydroxylation is 1. The summed E-state index contributed by atoms with van der Waals surface area (Å²) in [6.45, 7) is 1.88. The molecule has 7 nitrogen and oxygen atoms in total. The van der Waals surface area contributed by atoms with E-state index < -0.39 is 6.03 Å². The fourth-order valence-corrected chi connectivity index (χ4v) is 2.43. The number of benzene rings is 1. The number of rotatable bonds is 2. The van der Waals surface area contributed by atoms with Crippen molar-refractivity contribution in [3.8, 4) is 5.75 Å². The van der Waals surface area contributed by atoms with Gasteiger partial charge in [0.15, 0.2) is 0 Å². The molecule has 0 unspecified atom stereocenters. The molecule has 2 aromatic rings. The van der Waals surface area contributed by atoms with Crippen LogP contribution in [0.4, 0.5) is 10.6 Å². The van der Waals surface area contributed by atoms with Crippen molar-refractivity contribution >= 4 is 11.8 Å². The van der Waals surface area contributed by atoms with Gasteiger partial charge < -0.3 is 14.6 Å². The molecule has 22 heavy (non-hydrogen) atoms. The maximum absolute atomic E-state index is 12.1. The molecule has 0 aliphatic carbocycles. The van der Waals surface area contributed by atoms with Gasteiger partial charge in [-0.15, -0.1) is 0 Å². The smallest absolute Gasteiger partial charge is 0.321 e. The van der Waals surface area contributed by atoms with Crippen molar-refractivity contribution in [3.05, 3.63) is 52.6 Å². The minimum atomic E-state index is -0.493. The van der Waals surface area contributed by atoms with Crippen molar-refractivity contribution in [2.45, 2.75) is 19.1 Å². The lowest BCUT2D eigenvalue weighted by Crippen LogP contribution is -2.38. The summed E-state index contributed by atoms with van der Waals surface area (Å²) in [5, 5.41) is 5.30. The van der Waals surface area contributed by atoms with Gasteiger partial charge in [-0.1, -0.05) is 18.2 Å². The average molecular weight is 300 g/mol. The molecule has 1 aromatic heterocycles. The standard InChI is InChI=1S/C15H16N4O3/c1-9-12(10-5-3-4-6-11(10)22-9)17-15(21)18-13-14(20)19(2)8-7-16-13/h3-9,12H,1-2H3,(H2,16,17,18,21)/t9-,12-/m0/s1. The predicted octanol–water partition coefficient (Wildman–Crippen LogP) is 1.42. The Kier molecular flexibility index (Phi) is 3.54. The van der Waals surface area contributed by atoms with Crippen LogP contribution in [0.3, 0.4) is 0 Å². The van der Waals surface area contributed by atoms with Crippen LogP contribution >= 0.6 is 0 Å². The van der Waals surface area contributed by atoms with Crippen molar-refractivity contribution in [1.82, 2.24) is 14.9 Å².